The maximum Gasteiger partial charge on any atom is 0.204 e. The molecule has 1 aromatic carbocycles. The van der Waals surface area contributed by atoms with Gasteiger partial charge in [0.25, 0.3) is 0 Å². The maximum absolute atomic E-state index is 12.8. The number of hydrogen-bond donors (Lipinski definition) is 0. The second-order valence-electron chi connectivity index (χ2n) is 6.01. The van der Waals surface area contributed by atoms with Crippen LogP contribution < -0.4 is 0 Å². The Bertz CT molecular complexity index is 1100. The summed E-state index contributed by atoms with van der Waals surface area (Å²) in [6, 6.07) is 9.50. The van der Waals surface area contributed by atoms with Crippen molar-refractivity contribution < 1.29 is 4.79 Å². The van der Waals surface area contributed by atoms with Crippen LogP contribution in [0.2, 0.25) is 0 Å². The van der Waals surface area contributed by atoms with Crippen LogP contribution in [0.25, 0.3) is 16.5 Å². The zero-order valence-electron chi connectivity index (χ0n) is 14.6. The number of aromatic nitrogens is 6. The van der Waals surface area contributed by atoms with E-state index in [9.17, 15) is 4.79 Å². The molecule has 4 rings (SSSR count). The zero-order chi connectivity index (χ0) is 19.0. The number of halogens is 1. The lowest BCUT2D eigenvalue weighted by Crippen LogP contribution is -2.14. The number of ketones is 1. The summed E-state index contributed by atoms with van der Waals surface area (Å²) in [6.45, 7) is 3.92. The summed E-state index contributed by atoms with van der Waals surface area (Å²) < 4.78 is 2.96. The van der Waals surface area contributed by atoms with E-state index in [1.807, 2.05) is 54.1 Å². The molecule has 0 saturated carbocycles. The Morgan fingerprint density at radius 2 is 2.00 bits per heavy atom. The van der Waals surface area contributed by atoms with Crippen LogP contribution >= 0.6 is 27.3 Å². The minimum absolute atomic E-state index is 0.0334. The molecular weight excluding hydrogens is 428 g/mol. The minimum atomic E-state index is -0.0642. The number of aryl methyl sites for hydroxylation is 1. The fourth-order valence-corrected chi connectivity index (χ4v) is 3.92. The molecule has 0 atom stereocenters. The van der Waals surface area contributed by atoms with Gasteiger partial charge in [-0.25, -0.2) is 4.98 Å². The molecule has 27 heavy (non-hydrogen) atoms. The molecule has 0 aliphatic rings. The molecule has 0 amide bonds. The molecule has 0 aliphatic carbocycles. The third-order valence-corrected chi connectivity index (χ3v) is 5.47. The second kappa shape index (κ2) is 7.16. The van der Waals surface area contributed by atoms with Crippen LogP contribution in [0.1, 0.15) is 21.7 Å². The number of benzene rings is 1. The Labute approximate surface area is 167 Å². The van der Waals surface area contributed by atoms with Gasteiger partial charge in [0.15, 0.2) is 10.9 Å². The van der Waals surface area contributed by atoms with E-state index < -0.39 is 0 Å². The van der Waals surface area contributed by atoms with Gasteiger partial charge in [0.2, 0.25) is 5.82 Å². The molecule has 9 heteroatoms. The van der Waals surface area contributed by atoms with Gasteiger partial charge >= 0.3 is 0 Å². The van der Waals surface area contributed by atoms with Crippen LogP contribution in [0.15, 0.2) is 46.4 Å². The van der Waals surface area contributed by atoms with Gasteiger partial charge in [0.05, 0.1) is 0 Å². The normalized spacial score (nSPS) is 11.1. The van der Waals surface area contributed by atoms with Gasteiger partial charge in [0, 0.05) is 38.6 Å². The van der Waals surface area contributed by atoms with Crippen LogP contribution in [0.5, 0.6) is 0 Å². The molecule has 4 aromatic rings. The van der Waals surface area contributed by atoms with Crippen molar-refractivity contribution in [2.75, 3.05) is 0 Å². The Hall–Kier alpha value is -2.65. The van der Waals surface area contributed by atoms with E-state index >= 15 is 0 Å². The first-order valence-corrected chi connectivity index (χ1v) is 9.86. The molecule has 7 nitrogen and oxygen atoms in total. The number of Topliss-reactive ketones (excluding diaryl/α,β-unsaturated/α-hetero) is 1. The predicted octanol–water partition coefficient (Wildman–Crippen LogP) is 3.85. The summed E-state index contributed by atoms with van der Waals surface area (Å²) in [7, 11) is 0. The highest BCUT2D eigenvalue weighted by molar-refractivity contribution is 9.10. The maximum atomic E-state index is 12.8. The summed E-state index contributed by atoms with van der Waals surface area (Å²) in [6.07, 6.45) is 1.75. The first-order valence-electron chi connectivity index (χ1n) is 8.18. The molecular formula is C18H15BrN6OS. The van der Waals surface area contributed by atoms with Crippen LogP contribution in [-0.2, 0) is 6.54 Å². The Balaban J connectivity index is 1.57. The summed E-state index contributed by atoms with van der Waals surface area (Å²) in [5.41, 5.74) is 3.32. The summed E-state index contributed by atoms with van der Waals surface area (Å²) >= 11 is 4.93. The fourth-order valence-electron chi connectivity index (χ4n) is 2.90. The van der Waals surface area contributed by atoms with Gasteiger partial charge in [0.1, 0.15) is 6.54 Å². The monoisotopic (exact) mass is 442 g/mol. The summed E-state index contributed by atoms with van der Waals surface area (Å²) in [5.74, 6) is 0.425. The first-order chi connectivity index (χ1) is 13.0. The lowest BCUT2D eigenvalue weighted by atomic mass is 10.1. The topological polar surface area (TPSA) is 78.5 Å². The average Bonchev–Trinajstić information content (AvgIpc) is 3.37. The van der Waals surface area contributed by atoms with Crippen molar-refractivity contribution in [1.29, 1.82) is 0 Å². The average molecular weight is 443 g/mol. The molecule has 3 aromatic heterocycles. The summed E-state index contributed by atoms with van der Waals surface area (Å²) in [5, 5.41) is 15.2. The van der Waals surface area contributed by atoms with Crippen LogP contribution in [0.3, 0.4) is 0 Å². The van der Waals surface area contributed by atoms with Crippen molar-refractivity contribution in [2.24, 2.45) is 0 Å². The highest BCUT2D eigenvalue weighted by Gasteiger charge is 2.19. The predicted molar refractivity (Wildman–Crippen MR) is 106 cm³/mol. The van der Waals surface area contributed by atoms with E-state index in [4.69, 9.17) is 0 Å². The third kappa shape index (κ3) is 3.47. The molecule has 136 valence electrons. The number of rotatable bonds is 5. The van der Waals surface area contributed by atoms with Crippen LogP contribution in [-0.4, -0.2) is 35.5 Å². The number of nitrogens with zero attached hydrogens (tertiary/aromatic N) is 6. The number of carbonyl (C=O) groups is 1. The fraction of sp³-hybridized carbons (Fsp3) is 0.167. The molecule has 0 radical (unpaired) electrons. The van der Waals surface area contributed by atoms with E-state index in [-0.39, 0.29) is 12.3 Å². The van der Waals surface area contributed by atoms with Crippen molar-refractivity contribution in [2.45, 2.75) is 20.4 Å². The molecule has 0 spiro atoms. The van der Waals surface area contributed by atoms with Crippen molar-refractivity contribution >= 4 is 33.0 Å². The molecule has 0 saturated heterocycles. The quantitative estimate of drug-likeness (QED) is 0.438. The van der Waals surface area contributed by atoms with Gasteiger partial charge in [-0.05, 0) is 49.4 Å². The smallest absolute Gasteiger partial charge is 0.204 e. The standard InChI is InChI=1S/C18H15BrN6OS/c1-11-9-15(12(2)25(11)18-20-7-8-27-18)16(26)10-24-22-17(21-23-24)13-3-5-14(19)6-4-13/h3-9H,10H2,1-2H3. The number of carbonyl (C=O) groups excluding carboxylic acids is 1. The Morgan fingerprint density at radius 1 is 1.22 bits per heavy atom. The molecule has 0 fully saturated rings. The number of thiazole rings is 1. The van der Waals surface area contributed by atoms with E-state index in [0.29, 0.717) is 11.4 Å². The SMILES string of the molecule is Cc1cc(C(=O)Cn2nnc(-c3ccc(Br)cc3)n2)c(C)n1-c1nccs1. The first kappa shape index (κ1) is 17.7. The van der Waals surface area contributed by atoms with Crippen LogP contribution in [0.4, 0.5) is 0 Å². The second-order valence-corrected chi connectivity index (χ2v) is 7.80. The molecule has 3 heterocycles. The van der Waals surface area contributed by atoms with Gasteiger partial charge in [-0.3, -0.25) is 9.36 Å². The third-order valence-electron chi connectivity index (χ3n) is 4.18. The summed E-state index contributed by atoms with van der Waals surface area (Å²) in [4.78, 5) is 18.5. The highest BCUT2D eigenvalue weighted by Crippen LogP contribution is 2.23. The van der Waals surface area contributed by atoms with Crippen molar-refractivity contribution in [1.82, 2.24) is 29.8 Å². The van der Waals surface area contributed by atoms with E-state index in [1.165, 1.54) is 16.1 Å². The van der Waals surface area contributed by atoms with Crippen molar-refractivity contribution in [3.63, 3.8) is 0 Å². The van der Waals surface area contributed by atoms with Gasteiger partial charge in [-0.1, -0.05) is 15.9 Å². The number of tetrazole rings is 1. The van der Waals surface area contributed by atoms with Gasteiger partial charge in [-0.15, -0.1) is 21.5 Å². The lowest BCUT2D eigenvalue weighted by molar-refractivity contribution is 0.0961. The number of hydrogen-bond acceptors (Lipinski definition) is 6. The zero-order valence-corrected chi connectivity index (χ0v) is 17.0. The molecule has 0 aliphatic heterocycles. The van der Waals surface area contributed by atoms with E-state index in [0.717, 1.165) is 26.6 Å². The Morgan fingerprint density at radius 3 is 2.70 bits per heavy atom. The minimum Gasteiger partial charge on any atom is -0.294 e. The van der Waals surface area contributed by atoms with E-state index in [2.05, 4.69) is 36.3 Å². The molecule has 0 N–H and O–H groups in total. The van der Waals surface area contributed by atoms with Crippen molar-refractivity contribution in [3.05, 3.63) is 63.3 Å². The largest absolute Gasteiger partial charge is 0.294 e. The molecule has 0 unspecified atom stereocenters. The van der Waals surface area contributed by atoms with Gasteiger partial charge < -0.3 is 0 Å². The van der Waals surface area contributed by atoms with Crippen LogP contribution in [0, 0.1) is 13.8 Å². The van der Waals surface area contributed by atoms with Gasteiger partial charge in [-0.2, -0.15) is 4.80 Å². The van der Waals surface area contributed by atoms with Crippen molar-refractivity contribution in [3.8, 4) is 16.5 Å². The lowest BCUT2D eigenvalue weighted by Gasteiger charge is -2.05. The Kier molecular flexibility index (Phi) is 4.71. The van der Waals surface area contributed by atoms with E-state index in [1.54, 1.807) is 6.20 Å². The highest BCUT2D eigenvalue weighted by atomic mass is 79.9. The molecule has 0 bridgehead atoms.